The summed E-state index contributed by atoms with van der Waals surface area (Å²) in [5.41, 5.74) is 3.76. The number of rotatable bonds is 6. The van der Waals surface area contributed by atoms with Crippen LogP contribution < -0.4 is 10.6 Å². The number of aliphatic imine (C=N–C) groups is 1. The van der Waals surface area contributed by atoms with Crippen molar-refractivity contribution in [2.75, 3.05) is 7.05 Å². The molecule has 0 aliphatic rings. The summed E-state index contributed by atoms with van der Waals surface area (Å²) in [7, 11) is 1.72. The van der Waals surface area contributed by atoms with Crippen LogP contribution in [0.3, 0.4) is 0 Å². The molecule has 0 fully saturated rings. The Labute approximate surface area is 195 Å². The Morgan fingerprint density at radius 1 is 0.967 bits per heavy atom. The third-order valence-corrected chi connectivity index (χ3v) is 5.09. The Hall–Kier alpha value is -2.66. The van der Waals surface area contributed by atoms with Crippen molar-refractivity contribution in [3.63, 3.8) is 0 Å². The molecule has 2 N–H and O–H groups in total. The van der Waals surface area contributed by atoms with Crippen LogP contribution in [0, 0.1) is 6.92 Å². The highest BCUT2D eigenvalue weighted by molar-refractivity contribution is 14.0. The lowest BCUT2D eigenvalue weighted by atomic mass is 10.1. The maximum Gasteiger partial charge on any atom is 0.236 e. The second kappa shape index (κ2) is 10.4. The van der Waals surface area contributed by atoms with Gasteiger partial charge in [-0.2, -0.15) is 0 Å². The van der Waals surface area contributed by atoms with Crippen LogP contribution in [-0.2, 0) is 13.1 Å². The quantitative estimate of drug-likeness (QED) is 0.209. The van der Waals surface area contributed by atoms with E-state index in [0.717, 1.165) is 21.8 Å². The Balaban J connectivity index is 0.00000256. The highest BCUT2D eigenvalue weighted by Gasteiger charge is 2.09. The van der Waals surface area contributed by atoms with E-state index in [1.807, 2.05) is 41.8 Å². The van der Waals surface area contributed by atoms with Crippen LogP contribution in [0.15, 0.2) is 68.1 Å². The predicted octanol–water partition coefficient (Wildman–Crippen LogP) is 4.85. The van der Waals surface area contributed by atoms with Gasteiger partial charge in [-0.3, -0.25) is 4.99 Å². The number of oxazole rings is 2. The first-order valence-corrected chi connectivity index (χ1v) is 10.0. The third-order valence-electron chi connectivity index (χ3n) is 4.23. The van der Waals surface area contributed by atoms with Crippen molar-refractivity contribution in [3.05, 3.63) is 71.3 Å². The summed E-state index contributed by atoms with van der Waals surface area (Å²) in [6, 6.07) is 12.0. The molecule has 9 heteroatoms. The molecule has 0 saturated heterocycles. The van der Waals surface area contributed by atoms with E-state index < -0.39 is 0 Å². The van der Waals surface area contributed by atoms with Crippen molar-refractivity contribution in [2.45, 2.75) is 20.0 Å². The van der Waals surface area contributed by atoms with Crippen LogP contribution in [0.5, 0.6) is 0 Å². The highest BCUT2D eigenvalue weighted by Crippen LogP contribution is 2.23. The molecule has 3 aromatic heterocycles. The Morgan fingerprint density at radius 3 is 2.20 bits per heavy atom. The molecule has 0 saturated carbocycles. The van der Waals surface area contributed by atoms with E-state index in [9.17, 15) is 0 Å². The van der Waals surface area contributed by atoms with Gasteiger partial charge in [-0.15, -0.1) is 35.3 Å². The molecule has 0 bridgehead atoms. The average Bonchev–Trinajstić information content (AvgIpc) is 3.50. The molecule has 0 spiro atoms. The van der Waals surface area contributed by atoms with Crippen molar-refractivity contribution in [2.24, 2.45) is 4.99 Å². The molecule has 0 aliphatic carbocycles. The monoisotopic (exact) mass is 535 g/mol. The van der Waals surface area contributed by atoms with Gasteiger partial charge in [-0.05, 0) is 30.5 Å². The SMILES string of the molecule is CN=C(NCc1coc(-c2ccc(C)cc2)n1)NCc1coc(-c2cccs2)n1.I. The maximum absolute atomic E-state index is 5.59. The summed E-state index contributed by atoms with van der Waals surface area (Å²) in [4.78, 5) is 14.3. The van der Waals surface area contributed by atoms with Gasteiger partial charge in [-0.25, -0.2) is 9.97 Å². The Bertz CT molecular complexity index is 1090. The minimum absolute atomic E-state index is 0. The average molecular weight is 535 g/mol. The van der Waals surface area contributed by atoms with Crippen molar-refractivity contribution in [1.82, 2.24) is 20.6 Å². The number of thiophene rings is 1. The molecular formula is C21H22IN5O2S. The highest BCUT2D eigenvalue weighted by atomic mass is 127. The number of hydrogen-bond acceptors (Lipinski definition) is 6. The number of nitrogens with one attached hydrogen (secondary N) is 2. The normalized spacial score (nSPS) is 11.2. The number of benzene rings is 1. The molecule has 0 unspecified atom stereocenters. The smallest absolute Gasteiger partial charge is 0.236 e. The van der Waals surface area contributed by atoms with Gasteiger partial charge in [0.2, 0.25) is 11.8 Å². The lowest BCUT2D eigenvalue weighted by Crippen LogP contribution is -2.36. The molecule has 4 aromatic rings. The van der Waals surface area contributed by atoms with Gasteiger partial charge in [-0.1, -0.05) is 23.8 Å². The molecule has 156 valence electrons. The summed E-state index contributed by atoms with van der Waals surface area (Å²) < 4.78 is 11.1. The Morgan fingerprint density at radius 2 is 1.60 bits per heavy atom. The molecule has 0 radical (unpaired) electrons. The predicted molar refractivity (Wildman–Crippen MR) is 129 cm³/mol. The van der Waals surface area contributed by atoms with Crippen LogP contribution in [0.25, 0.3) is 22.2 Å². The van der Waals surface area contributed by atoms with E-state index in [1.165, 1.54) is 5.56 Å². The molecule has 30 heavy (non-hydrogen) atoms. The number of aryl methyl sites for hydroxylation is 1. The molecule has 0 aliphatic heterocycles. The molecule has 0 amide bonds. The van der Waals surface area contributed by atoms with Crippen molar-refractivity contribution in [1.29, 1.82) is 0 Å². The van der Waals surface area contributed by atoms with Crippen molar-refractivity contribution >= 4 is 41.3 Å². The number of guanidine groups is 1. The first-order valence-electron chi connectivity index (χ1n) is 9.15. The summed E-state index contributed by atoms with van der Waals surface area (Å²) in [5, 5.41) is 8.44. The third kappa shape index (κ3) is 5.48. The second-order valence-electron chi connectivity index (χ2n) is 6.41. The van der Waals surface area contributed by atoms with E-state index in [1.54, 1.807) is 30.9 Å². The van der Waals surface area contributed by atoms with Gasteiger partial charge < -0.3 is 19.5 Å². The van der Waals surface area contributed by atoms with Crippen LogP contribution >= 0.6 is 35.3 Å². The topological polar surface area (TPSA) is 88.5 Å². The van der Waals surface area contributed by atoms with Gasteiger partial charge in [0.25, 0.3) is 0 Å². The standard InChI is InChI=1S/C21H21N5O2S.HI/c1-14-5-7-15(8-6-14)19-25-16(12-27-19)10-23-21(22-2)24-11-17-13-28-20(26-17)18-4-3-9-29-18;/h3-9,12-13H,10-11H2,1-2H3,(H2,22,23,24);1H. The summed E-state index contributed by atoms with van der Waals surface area (Å²) in [6.45, 7) is 3.05. The van der Waals surface area contributed by atoms with Crippen molar-refractivity contribution < 1.29 is 8.83 Å². The number of nitrogens with zero attached hydrogens (tertiary/aromatic N) is 3. The lowest BCUT2D eigenvalue weighted by molar-refractivity contribution is 0.572. The van der Waals surface area contributed by atoms with Crippen LogP contribution in [0.4, 0.5) is 0 Å². The second-order valence-corrected chi connectivity index (χ2v) is 7.36. The maximum atomic E-state index is 5.59. The molecule has 4 rings (SSSR count). The van der Waals surface area contributed by atoms with Crippen LogP contribution in [-0.4, -0.2) is 23.0 Å². The summed E-state index contributed by atoms with van der Waals surface area (Å²) >= 11 is 1.60. The number of aromatic nitrogens is 2. The summed E-state index contributed by atoms with van der Waals surface area (Å²) in [5.74, 6) is 1.88. The van der Waals surface area contributed by atoms with E-state index in [0.29, 0.717) is 30.8 Å². The minimum atomic E-state index is 0. The zero-order chi connectivity index (χ0) is 20.1. The fourth-order valence-electron chi connectivity index (χ4n) is 2.69. The number of halogens is 1. The van der Waals surface area contributed by atoms with E-state index in [4.69, 9.17) is 8.83 Å². The van der Waals surface area contributed by atoms with E-state index in [2.05, 4.69) is 32.5 Å². The zero-order valence-corrected chi connectivity index (χ0v) is 19.7. The summed E-state index contributed by atoms with van der Waals surface area (Å²) in [6.07, 6.45) is 3.31. The minimum Gasteiger partial charge on any atom is -0.444 e. The van der Waals surface area contributed by atoms with E-state index >= 15 is 0 Å². The van der Waals surface area contributed by atoms with Gasteiger partial charge >= 0.3 is 0 Å². The largest absolute Gasteiger partial charge is 0.444 e. The fraction of sp³-hybridized carbons (Fsp3) is 0.190. The fourth-order valence-corrected chi connectivity index (χ4v) is 3.34. The van der Waals surface area contributed by atoms with Gasteiger partial charge in [0.1, 0.15) is 12.5 Å². The molecular weight excluding hydrogens is 513 g/mol. The van der Waals surface area contributed by atoms with Gasteiger partial charge in [0.05, 0.1) is 29.4 Å². The number of hydrogen-bond donors (Lipinski definition) is 2. The van der Waals surface area contributed by atoms with Crippen LogP contribution in [0.2, 0.25) is 0 Å². The first kappa shape index (κ1) is 22.0. The van der Waals surface area contributed by atoms with E-state index in [-0.39, 0.29) is 24.0 Å². The Kier molecular flexibility index (Phi) is 7.63. The van der Waals surface area contributed by atoms with Crippen LogP contribution in [0.1, 0.15) is 17.0 Å². The zero-order valence-electron chi connectivity index (χ0n) is 16.6. The molecule has 7 nitrogen and oxygen atoms in total. The molecule has 1 aromatic carbocycles. The molecule has 0 atom stereocenters. The first-order chi connectivity index (χ1) is 14.2. The lowest BCUT2D eigenvalue weighted by Gasteiger charge is -2.09. The molecule has 3 heterocycles. The van der Waals surface area contributed by atoms with Gasteiger partial charge in [0.15, 0.2) is 5.96 Å². The van der Waals surface area contributed by atoms with Gasteiger partial charge in [0, 0.05) is 12.6 Å². The van der Waals surface area contributed by atoms with Crippen molar-refractivity contribution in [3.8, 4) is 22.2 Å².